The van der Waals surface area contributed by atoms with Gasteiger partial charge in [-0.3, -0.25) is 4.72 Å². The monoisotopic (exact) mass is 374 g/mol. The van der Waals surface area contributed by atoms with Gasteiger partial charge in [0, 0.05) is 11.0 Å². The predicted octanol–water partition coefficient (Wildman–Crippen LogP) is 1.12. The van der Waals surface area contributed by atoms with E-state index in [0.717, 1.165) is 5.57 Å². The Morgan fingerprint density at radius 1 is 1.59 bits per heavy atom. The van der Waals surface area contributed by atoms with Crippen molar-refractivity contribution in [2.75, 3.05) is 19.5 Å². The normalized spacial score (nSPS) is 15.8. The fourth-order valence-corrected chi connectivity index (χ4v) is 2.58. The summed E-state index contributed by atoms with van der Waals surface area (Å²) in [6, 6.07) is 0. The Bertz CT molecular complexity index is 388. The summed E-state index contributed by atoms with van der Waals surface area (Å²) in [5.74, 6) is 0.00985. The predicted molar refractivity (Wildman–Crippen MR) is 78.3 cm³/mol. The molecule has 3 N–H and O–H groups in total. The van der Waals surface area contributed by atoms with Crippen LogP contribution in [0.3, 0.4) is 0 Å². The summed E-state index contributed by atoms with van der Waals surface area (Å²) < 4.78 is 30.3. The Hall–Kier alpha value is -0.280. The molecule has 0 bridgehead atoms. The third-order valence-corrected chi connectivity index (χ3v) is 3.32. The molecule has 0 amide bonds. The summed E-state index contributed by atoms with van der Waals surface area (Å²) in [5, 5.41) is 0. The average molecular weight is 374 g/mol. The molecule has 0 aromatic carbocycles. The van der Waals surface area contributed by atoms with Gasteiger partial charge < -0.3 is 10.5 Å². The van der Waals surface area contributed by atoms with Crippen LogP contribution in [0.5, 0.6) is 0 Å². The zero-order valence-corrected chi connectivity index (χ0v) is 13.2. The van der Waals surface area contributed by atoms with Gasteiger partial charge in [-0.25, -0.2) is 8.42 Å². The maximum Gasteiger partial charge on any atom is 0.236 e. The molecule has 0 aromatic heterocycles. The van der Waals surface area contributed by atoms with Crippen molar-refractivity contribution in [3.63, 3.8) is 0 Å². The molecule has 0 aliphatic heterocycles. The van der Waals surface area contributed by atoms with E-state index in [-0.39, 0.29) is 18.2 Å². The van der Waals surface area contributed by atoms with E-state index >= 15 is 0 Å². The SMILES string of the molecule is COCCS(=O)(=O)N/C(N)=C/C(C)=C\[C@H](C)I. The fourth-order valence-electron chi connectivity index (χ4n) is 1.11. The summed E-state index contributed by atoms with van der Waals surface area (Å²) in [6.45, 7) is 4.03. The van der Waals surface area contributed by atoms with Crippen LogP contribution in [0.2, 0.25) is 0 Å². The first-order valence-corrected chi connectivity index (χ1v) is 7.95. The van der Waals surface area contributed by atoms with E-state index in [9.17, 15) is 8.42 Å². The van der Waals surface area contributed by atoms with Crippen LogP contribution in [-0.2, 0) is 14.8 Å². The summed E-state index contributed by atoms with van der Waals surface area (Å²) in [5.41, 5.74) is 6.51. The molecular formula is C10H19IN2O3S. The first kappa shape index (κ1) is 16.7. The summed E-state index contributed by atoms with van der Waals surface area (Å²) in [6.07, 6.45) is 3.58. The van der Waals surface area contributed by atoms with Gasteiger partial charge in [0.25, 0.3) is 0 Å². The zero-order valence-electron chi connectivity index (χ0n) is 10.2. The first-order valence-electron chi connectivity index (χ1n) is 5.06. The van der Waals surface area contributed by atoms with Crippen molar-refractivity contribution >= 4 is 32.6 Å². The Morgan fingerprint density at radius 2 is 2.18 bits per heavy atom. The van der Waals surface area contributed by atoms with Gasteiger partial charge in [-0.1, -0.05) is 34.2 Å². The molecule has 0 radical (unpaired) electrons. The first-order chi connectivity index (χ1) is 7.76. The fraction of sp³-hybridized carbons (Fsp3) is 0.600. The lowest BCUT2D eigenvalue weighted by Gasteiger charge is -2.07. The van der Waals surface area contributed by atoms with Gasteiger partial charge >= 0.3 is 0 Å². The molecule has 0 unspecified atom stereocenters. The minimum Gasteiger partial charge on any atom is -0.385 e. The molecule has 1 atom stereocenters. The van der Waals surface area contributed by atoms with Crippen molar-refractivity contribution < 1.29 is 13.2 Å². The topological polar surface area (TPSA) is 81.4 Å². The highest BCUT2D eigenvalue weighted by Gasteiger charge is 2.09. The third-order valence-electron chi connectivity index (χ3n) is 1.71. The van der Waals surface area contributed by atoms with E-state index in [4.69, 9.17) is 10.5 Å². The van der Waals surface area contributed by atoms with Crippen molar-refractivity contribution in [1.29, 1.82) is 0 Å². The van der Waals surface area contributed by atoms with E-state index in [2.05, 4.69) is 27.3 Å². The molecule has 0 spiro atoms. The standard InChI is InChI=1S/C10H19IN2O3S/c1-8(6-9(2)11)7-10(12)13-17(14,15)5-4-16-3/h6-7,9,13H,4-5,12H2,1-3H3/b8-6-,10-7+/t9-/m0/s1. The van der Waals surface area contributed by atoms with Crippen molar-refractivity contribution in [3.05, 3.63) is 23.5 Å². The third kappa shape index (κ3) is 9.42. The lowest BCUT2D eigenvalue weighted by molar-refractivity contribution is 0.217. The van der Waals surface area contributed by atoms with Crippen LogP contribution >= 0.6 is 22.6 Å². The van der Waals surface area contributed by atoms with Crippen molar-refractivity contribution in [3.8, 4) is 0 Å². The molecule has 0 saturated carbocycles. The number of hydrogen-bond acceptors (Lipinski definition) is 4. The molecule has 0 aromatic rings. The highest BCUT2D eigenvalue weighted by molar-refractivity contribution is 14.1. The van der Waals surface area contributed by atoms with E-state index in [1.807, 2.05) is 19.9 Å². The van der Waals surface area contributed by atoms with Crippen LogP contribution in [0.25, 0.3) is 0 Å². The molecule has 17 heavy (non-hydrogen) atoms. The minimum atomic E-state index is -3.41. The highest BCUT2D eigenvalue weighted by Crippen LogP contribution is 2.06. The van der Waals surface area contributed by atoms with Gasteiger partial charge in [0.05, 0.1) is 12.4 Å². The maximum absolute atomic E-state index is 11.5. The number of alkyl halides is 1. The minimum absolute atomic E-state index is 0.108. The second kappa shape index (κ2) is 7.93. The van der Waals surface area contributed by atoms with Crippen molar-refractivity contribution in [2.45, 2.75) is 17.8 Å². The van der Waals surface area contributed by atoms with E-state index < -0.39 is 10.0 Å². The van der Waals surface area contributed by atoms with Crippen LogP contribution in [0.1, 0.15) is 13.8 Å². The number of halogens is 1. The number of nitrogens with two attached hydrogens (primary N) is 1. The Labute approximate surface area is 117 Å². The van der Waals surface area contributed by atoms with Crippen LogP contribution in [-0.4, -0.2) is 31.8 Å². The quantitative estimate of drug-likeness (QED) is 0.398. The molecule has 0 heterocycles. The second-order valence-corrected chi connectivity index (χ2v) is 7.41. The molecular weight excluding hydrogens is 355 g/mol. The van der Waals surface area contributed by atoms with Gasteiger partial charge in [-0.2, -0.15) is 0 Å². The van der Waals surface area contributed by atoms with Gasteiger partial charge in [-0.15, -0.1) is 0 Å². The molecule has 0 aliphatic carbocycles. The lowest BCUT2D eigenvalue weighted by Crippen LogP contribution is -2.31. The Morgan fingerprint density at radius 3 is 2.65 bits per heavy atom. The average Bonchev–Trinajstić information content (AvgIpc) is 2.11. The van der Waals surface area contributed by atoms with Gasteiger partial charge in [0.15, 0.2) is 0 Å². The number of ether oxygens (including phenoxy) is 1. The molecule has 5 nitrogen and oxygen atoms in total. The number of allylic oxidation sites excluding steroid dienone is 3. The van der Waals surface area contributed by atoms with Crippen molar-refractivity contribution in [1.82, 2.24) is 4.72 Å². The number of methoxy groups -OCH3 is 1. The highest BCUT2D eigenvalue weighted by atomic mass is 127. The van der Waals surface area contributed by atoms with Gasteiger partial charge in [-0.05, 0) is 19.9 Å². The smallest absolute Gasteiger partial charge is 0.236 e. The maximum atomic E-state index is 11.5. The molecule has 0 saturated heterocycles. The Kier molecular flexibility index (Phi) is 7.80. The number of rotatable bonds is 7. The lowest BCUT2D eigenvalue weighted by atomic mass is 10.2. The molecule has 100 valence electrons. The molecule has 0 fully saturated rings. The zero-order chi connectivity index (χ0) is 13.5. The summed E-state index contributed by atoms with van der Waals surface area (Å²) in [7, 11) is -1.97. The van der Waals surface area contributed by atoms with E-state index in [0.29, 0.717) is 3.92 Å². The van der Waals surface area contributed by atoms with Crippen LogP contribution < -0.4 is 10.5 Å². The molecule has 7 heteroatoms. The Balaban J connectivity index is 4.53. The van der Waals surface area contributed by atoms with E-state index in [1.54, 1.807) is 6.08 Å². The number of nitrogens with one attached hydrogen (secondary N) is 1. The number of sulfonamides is 1. The van der Waals surface area contributed by atoms with Gasteiger partial charge in [0.2, 0.25) is 10.0 Å². The van der Waals surface area contributed by atoms with E-state index in [1.165, 1.54) is 7.11 Å². The van der Waals surface area contributed by atoms with Crippen LogP contribution in [0, 0.1) is 0 Å². The number of hydrogen-bond donors (Lipinski definition) is 2. The summed E-state index contributed by atoms with van der Waals surface area (Å²) >= 11 is 2.25. The second-order valence-electron chi connectivity index (χ2n) is 3.60. The summed E-state index contributed by atoms with van der Waals surface area (Å²) in [4.78, 5) is 0. The largest absolute Gasteiger partial charge is 0.385 e. The molecule has 0 rings (SSSR count). The van der Waals surface area contributed by atoms with Crippen LogP contribution in [0.15, 0.2) is 23.5 Å². The molecule has 0 aliphatic rings. The van der Waals surface area contributed by atoms with Crippen LogP contribution in [0.4, 0.5) is 0 Å². The van der Waals surface area contributed by atoms with Gasteiger partial charge in [0.1, 0.15) is 5.82 Å². The van der Waals surface area contributed by atoms with Crippen molar-refractivity contribution in [2.24, 2.45) is 5.73 Å².